The maximum Gasteiger partial charge on any atom is 0.405 e. The highest BCUT2D eigenvalue weighted by atomic mass is 16.4. The van der Waals surface area contributed by atoms with Gasteiger partial charge in [-0.15, -0.1) is 0 Å². The van der Waals surface area contributed by atoms with Crippen molar-refractivity contribution in [3.05, 3.63) is 118 Å². The molecule has 0 saturated carbocycles. The average Bonchev–Trinajstić information content (AvgIpc) is 3.14. The van der Waals surface area contributed by atoms with Crippen molar-refractivity contribution >= 4 is 46.9 Å². The Morgan fingerprint density at radius 3 is 1.22 bits per heavy atom. The molecule has 1 aliphatic carbocycles. The van der Waals surface area contributed by atoms with Gasteiger partial charge in [0.2, 0.25) is 23.4 Å². The molecule has 16 nitrogen and oxygen atoms in total. The number of nitrogens with one attached hydrogen (secondary N) is 6. The summed E-state index contributed by atoms with van der Waals surface area (Å²) in [6.45, 7) is 0.0628. The highest BCUT2D eigenvalue weighted by Gasteiger charge is 2.38. The van der Waals surface area contributed by atoms with Gasteiger partial charge in [0.1, 0.15) is 23.6 Å². The number of carboxylic acid groups (broad SMARTS) is 2. The molecule has 280 valence electrons. The molecule has 4 aromatic rings. The van der Waals surface area contributed by atoms with E-state index in [9.17, 15) is 49.2 Å². The topological polar surface area (TPSA) is 256 Å². The van der Waals surface area contributed by atoms with E-state index in [1.54, 1.807) is 60.7 Å². The van der Waals surface area contributed by atoms with Gasteiger partial charge in [-0.05, 0) is 35.4 Å². The van der Waals surface area contributed by atoms with Crippen LogP contribution in [0.15, 0.2) is 84.9 Å². The van der Waals surface area contributed by atoms with Crippen molar-refractivity contribution in [3.63, 3.8) is 0 Å². The predicted octanol–water partition coefficient (Wildman–Crippen LogP) is 2.69. The van der Waals surface area contributed by atoms with Gasteiger partial charge >= 0.3 is 12.2 Å². The molecule has 0 spiro atoms. The smallest absolute Gasteiger partial charge is 0.405 e. The van der Waals surface area contributed by atoms with E-state index in [0.29, 0.717) is 0 Å². The molecule has 4 aromatic carbocycles. The Morgan fingerprint density at radius 1 is 0.500 bits per heavy atom. The lowest BCUT2D eigenvalue weighted by atomic mass is 9.81. The van der Waals surface area contributed by atoms with Gasteiger partial charge in [0.05, 0.1) is 22.3 Å². The zero-order valence-corrected chi connectivity index (χ0v) is 28.7. The Morgan fingerprint density at radius 2 is 0.870 bits per heavy atom. The van der Waals surface area contributed by atoms with Crippen LogP contribution in [0, 0.1) is 0 Å². The van der Waals surface area contributed by atoms with Crippen molar-refractivity contribution in [1.29, 1.82) is 0 Å². The molecule has 10 N–H and O–H groups in total. The number of amides is 4. The Hall–Kier alpha value is -7.10. The first-order valence-corrected chi connectivity index (χ1v) is 16.9. The van der Waals surface area contributed by atoms with Crippen LogP contribution in [-0.4, -0.2) is 94.3 Å². The molecule has 0 bridgehead atoms. The first kappa shape index (κ1) is 38.1. The summed E-state index contributed by atoms with van der Waals surface area (Å²) >= 11 is 0. The van der Waals surface area contributed by atoms with E-state index >= 15 is 0 Å². The SMILES string of the molecule is O=C(O)NC(Cc1ccccc1)C(=O)NCCNc1ccc(NCCNC(=O)C(Cc2ccccc2)NC(=O)O)c2c1C(=O)c1c(O)ccc(O)c1C2=O. The molecular weight excluding hydrogens is 700 g/mol. The third-order valence-corrected chi connectivity index (χ3v) is 8.55. The molecule has 0 saturated heterocycles. The van der Waals surface area contributed by atoms with E-state index in [1.807, 2.05) is 0 Å². The van der Waals surface area contributed by atoms with E-state index in [1.165, 1.54) is 12.1 Å². The fraction of sp³-hybridized carbons (Fsp3) is 0.211. The second-order valence-electron chi connectivity index (χ2n) is 12.2. The molecule has 0 aromatic heterocycles. The number of rotatable bonds is 16. The second-order valence-corrected chi connectivity index (χ2v) is 12.2. The number of hydrogen-bond donors (Lipinski definition) is 10. The highest BCUT2D eigenvalue weighted by molar-refractivity contribution is 6.33. The van der Waals surface area contributed by atoms with Crippen LogP contribution in [0.5, 0.6) is 11.5 Å². The molecule has 0 aliphatic heterocycles. The van der Waals surface area contributed by atoms with Crippen LogP contribution in [-0.2, 0) is 22.4 Å². The van der Waals surface area contributed by atoms with Gasteiger partial charge in [0, 0.05) is 50.4 Å². The van der Waals surface area contributed by atoms with Crippen LogP contribution in [0.1, 0.15) is 43.0 Å². The van der Waals surface area contributed by atoms with Crippen molar-refractivity contribution in [3.8, 4) is 11.5 Å². The van der Waals surface area contributed by atoms with Crippen molar-refractivity contribution in [2.75, 3.05) is 36.8 Å². The summed E-state index contributed by atoms with van der Waals surface area (Å²) in [5.41, 5.74) is 0.850. The molecule has 0 fully saturated rings. The first-order chi connectivity index (χ1) is 25.9. The van der Waals surface area contributed by atoms with Gasteiger partial charge in [-0.2, -0.15) is 0 Å². The number of phenolic OH excluding ortho intramolecular Hbond substituents is 2. The average molecular weight is 739 g/mol. The molecular formula is C38H38N6O10. The van der Waals surface area contributed by atoms with E-state index in [4.69, 9.17) is 0 Å². The molecule has 4 amide bonds. The standard InChI is InChI=1S/C38H38N6O10/c45-27-13-14-28(46)32-31(27)33(47)29-23(39-15-17-41-35(49)25(43-37(51)52)19-21-7-3-1-4-8-21)11-12-24(30(29)34(32)48)40-16-18-42-36(50)26(44-38(53)54)20-22-9-5-2-6-10-22/h1-14,25-26,39-40,43-46H,15-20H2,(H,41,49)(H,42,50)(H,51,52)(H,53,54). The van der Waals surface area contributed by atoms with Gasteiger partial charge in [-0.1, -0.05) is 60.7 Å². The number of phenols is 2. The van der Waals surface area contributed by atoms with Crippen LogP contribution in [0.3, 0.4) is 0 Å². The number of anilines is 2. The Bertz CT molecular complexity index is 1910. The lowest BCUT2D eigenvalue weighted by Gasteiger charge is -2.25. The Kier molecular flexibility index (Phi) is 12.3. The van der Waals surface area contributed by atoms with E-state index in [0.717, 1.165) is 23.3 Å². The van der Waals surface area contributed by atoms with Crippen LogP contribution in [0.25, 0.3) is 0 Å². The third-order valence-electron chi connectivity index (χ3n) is 8.55. The van der Waals surface area contributed by atoms with Gasteiger partial charge in [-0.3, -0.25) is 19.2 Å². The van der Waals surface area contributed by atoms with Crippen LogP contribution in [0.2, 0.25) is 0 Å². The van der Waals surface area contributed by atoms with Crippen LogP contribution < -0.4 is 31.9 Å². The molecule has 1 aliphatic rings. The van der Waals surface area contributed by atoms with E-state index < -0.39 is 59.2 Å². The normalized spacial score (nSPS) is 12.7. The summed E-state index contributed by atoms with van der Waals surface area (Å²) in [7, 11) is 0. The fourth-order valence-corrected chi connectivity index (χ4v) is 6.09. The highest BCUT2D eigenvalue weighted by Crippen LogP contribution is 2.42. The van der Waals surface area contributed by atoms with Crippen molar-refractivity contribution in [2.45, 2.75) is 24.9 Å². The van der Waals surface area contributed by atoms with Gasteiger partial charge < -0.3 is 52.3 Å². The maximum atomic E-state index is 13.9. The van der Waals surface area contributed by atoms with E-state index in [2.05, 4.69) is 31.9 Å². The Balaban J connectivity index is 1.29. The lowest BCUT2D eigenvalue weighted by molar-refractivity contribution is -0.123. The summed E-state index contributed by atoms with van der Waals surface area (Å²) in [5.74, 6) is -3.70. The molecule has 2 atom stereocenters. The van der Waals surface area contributed by atoms with Crippen LogP contribution in [0.4, 0.5) is 21.0 Å². The number of carbonyl (C=O) groups is 6. The number of benzene rings is 4. The van der Waals surface area contributed by atoms with Gasteiger partial charge in [0.25, 0.3) is 0 Å². The first-order valence-electron chi connectivity index (χ1n) is 16.9. The maximum absolute atomic E-state index is 13.9. The van der Waals surface area contributed by atoms with Gasteiger partial charge in [0.15, 0.2) is 0 Å². The summed E-state index contributed by atoms with van der Waals surface area (Å²) in [4.78, 5) is 76.4. The summed E-state index contributed by atoms with van der Waals surface area (Å²) in [6.07, 6.45) is -2.52. The van der Waals surface area contributed by atoms with E-state index in [-0.39, 0.29) is 72.6 Å². The quantitative estimate of drug-likeness (QED) is 0.0518. The number of hydrogen-bond acceptors (Lipinski definition) is 10. The predicted molar refractivity (Wildman–Crippen MR) is 196 cm³/mol. The number of ketones is 2. The minimum Gasteiger partial charge on any atom is -0.507 e. The molecule has 16 heteroatoms. The summed E-state index contributed by atoms with van der Waals surface area (Å²) in [5, 5.41) is 55.5. The number of aromatic hydroxyl groups is 2. The van der Waals surface area contributed by atoms with Crippen molar-refractivity contribution in [2.24, 2.45) is 0 Å². The minimum absolute atomic E-state index is 0.00728. The number of fused-ring (bicyclic) bond motifs is 2. The van der Waals surface area contributed by atoms with Crippen molar-refractivity contribution in [1.82, 2.24) is 21.3 Å². The lowest BCUT2D eigenvalue weighted by Crippen LogP contribution is -2.48. The van der Waals surface area contributed by atoms with Crippen LogP contribution >= 0.6 is 0 Å². The fourth-order valence-electron chi connectivity index (χ4n) is 6.09. The molecule has 5 rings (SSSR count). The molecule has 2 unspecified atom stereocenters. The molecule has 54 heavy (non-hydrogen) atoms. The molecule has 0 radical (unpaired) electrons. The summed E-state index contributed by atoms with van der Waals surface area (Å²) < 4.78 is 0. The zero-order valence-electron chi connectivity index (χ0n) is 28.7. The monoisotopic (exact) mass is 738 g/mol. The van der Waals surface area contributed by atoms with Crippen molar-refractivity contribution < 1.29 is 49.2 Å². The number of carbonyl (C=O) groups excluding carboxylic acids is 4. The zero-order chi connectivity index (χ0) is 38.8. The molecule has 0 heterocycles. The summed E-state index contributed by atoms with van der Waals surface area (Å²) in [6, 6.07) is 20.8. The second kappa shape index (κ2) is 17.4. The van der Waals surface area contributed by atoms with Gasteiger partial charge in [-0.25, -0.2) is 9.59 Å². The largest absolute Gasteiger partial charge is 0.507 e. The Labute approximate surface area is 308 Å². The third kappa shape index (κ3) is 9.22. The minimum atomic E-state index is -1.37.